The van der Waals surface area contributed by atoms with Gasteiger partial charge in [0.15, 0.2) is 5.78 Å². The smallest absolute Gasteiger partial charge is 0.193 e. The van der Waals surface area contributed by atoms with E-state index < -0.39 is 0 Å². The first kappa shape index (κ1) is 15.6. The fourth-order valence-electron chi connectivity index (χ4n) is 1.78. The number of nitrogens with two attached hydrogens (primary N) is 1. The van der Waals surface area contributed by atoms with E-state index in [1.807, 2.05) is 0 Å². The highest BCUT2D eigenvalue weighted by Crippen LogP contribution is 2.26. The molecule has 0 radical (unpaired) electrons. The quantitative estimate of drug-likeness (QED) is 0.654. The Kier molecular flexibility index (Phi) is 5.07. The van der Waals surface area contributed by atoms with E-state index in [0.717, 1.165) is 0 Å². The Morgan fingerprint density at radius 2 is 1.76 bits per heavy atom. The number of hydrogen-bond donors (Lipinski definition) is 2. The van der Waals surface area contributed by atoms with Crippen molar-refractivity contribution in [2.24, 2.45) is 0 Å². The summed E-state index contributed by atoms with van der Waals surface area (Å²) in [7, 11) is 0. The standard InChI is InChI=1S/C15H13Cl2NO3/c16-11-3-1-9(7-12(11)17)15(20)10-2-4-14(13(18)8-10)21-6-5-19/h1-4,7-8,19H,5-6,18H2. The van der Waals surface area contributed by atoms with Crippen molar-refractivity contribution in [1.82, 2.24) is 0 Å². The molecule has 2 rings (SSSR count). The van der Waals surface area contributed by atoms with Gasteiger partial charge in [-0.15, -0.1) is 0 Å². The summed E-state index contributed by atoms with van der Waals surface area (Å²) in [5.74, 6) is 0.212. The van der Waals surface area contributed by atoms with Gasteiger partial charge < -0.3 is 15.6 Å². The molecule has 0 saturated carbocycles. The van der Waals surface area contributed by atoms with E-state index in [1.165, 1.54) is 12.1 Å². The maximum atomic E-state index is 12.3. The summed E-state index contributed by atoms with van der Waals surface area (Å²) >= 11 is 11.7. The molecule has 0 heterocycles. The van der Waals surface area contributed by atoms with Crippen LogP contribution >= 0.6 is 23.2 Å². The van der Waals surface area contributed by atoms with Crippen molar-refractivity contribution in [1.29, 1.82) is 0 Å². The van der Waals surface area contributed by atoms with Crippen molar-refractivity contribution >= 4 is 34.7 Å². The van der Waals surface area contributed by atoms with Gasteiger partial charge >= 0.3 is 0 Å². The summed E-state index contributed by atoms with van der Waals surface area (Å²) in [6.45, 7) is 0.0354. The lowest BCUT2D eigenvalue weighted by Crippen LogP contribution is -2.06. The van der Waals surface area contributed by atoms with Crippen molar-refractivity contribution < 1.29 is 14.6 Å². The van der Waals surface area contributed by atoms with Crippen LogP contribution in [-0.2, 0) is 0 Å². The second-order valence-electron chi connectivity index (χ2n) is 4.28. The maximum Gasteiger partial charge on any atom is 0.193 e. The molecule has 0 aliphatic heterocycles. The molecule has 0 aliphatic carbocycles. The fraction of sp³-hybridized carbons (Fsp3) is 0.133. The third-order valence-corrected chi connectivity index (χ3v) is 3.54. The molecule has 2 aromatic rings. The number of ketones is 1. The lowest BCUT2D eigenvalue weighted by Gasteiger charge is -2.09. The van der Waals surface area contributed by atoms with Crippen molar-refractivity contribution in [3.63, 3.8) is 0 Å². The van der Waals surface area contributed by atoms with E-state index in [4.69, 9.17) is 38.8 Å². The summed E-state index contributed by atoms with van der Waals surface area (Å²) in [5.41, 5.74) is 7.00. The number of aliphatic hydroxyl groups is 1. The van der Waals surface area contributed by atoms with E-state index in [9.17, 15) is 4.79 Å². The summed E-state index contributed by atoms with van der Waals surface area (Å²) in [4.78, 5) is 12.3. The number of benzene rings is 2. The van der Waals surface area contributed by atoms with Gasteiger partial charge in [-0.3, -0.25) is 4.79 Å². The number of anilines is 1. The van der Waals surface area contributed by atoms with Crippen LogP contribution in [0, 0.1) is 0 Å². The van der Waals surface area contributed by atoms with Gasteiger partial charge in [0.25, 0.3) is 0 Å². The molecule has 0 bridgehead atoms. The molecule has 0 atom stereocenters. The molecule has 0 unspecified atom stereocenters. The Hall–Kier alpha value is -1.75. The van der Waals surface area contributed by atoms with Gasteiger partial charge in [0.1, 0.15) is 12.4 Å². The van der Waals surface area contributed by atoms with Gasteiger partial charge in [-0.25, -0.2) is 0 Å². The van der Waals surface area contributed by atoms with Crippen molar-refractivity contribution in [3.05, 3.63) is 57.6 Å². The average molecular weight is 326 g/mol. The minimum Gasteiger partial charge on any atom is -0.489 e. The lowest BCUT2D eigenvalue weighted by molar-refractivity contribution is 0.103. The monoisotopic (exact) mass is 325 g/mol. The lowest BCUT2D eigenvalue weighted by atomic mass is 10.0. The highest BCUT2D eigenvalue weighted by molar-refractivity contribution is 6.42. The maximum absolute atomic E-state index is 12.3. The molecule has 2 aromatic carbocycles. The van der Waals surface area contributed by atoms with E-state index in [0.29, 0.717) is 32.6 Å². The molecule has 0 saturated heterocycles. The molecule has 0 aliphatic rings. The van der Waals surface area contributed by atoms with E-state index >= 15 is 0 Å². The Labute approximate surface area is 132 Å². The number of nitrogen functional groups attached to an aromatic ring is 1. The summed E-state index contributed by atoms with van der Waals surface area (Å²) in [6.07, 6.45) is 0. The minimum atomic E-state index is -0.214. The summed E-state index contributed by atoms with van der Waals surface area (Å²) in [5, 5.41) is 9.42. The van der Waals surface area contributed by atoms with E-state index in [2.05, 4.69) is 0 Å². The third-order valence-electron chi connectivity index (χ3n) is 2.80. The Morgan fingerprint density at radius 3 is 2.38 bits per heavy atom. The number of ether oxygens (including phenoxy) is 1. The molecule has 0 fully saturated rings. The number of halogens is 2. The second-order valence-corrected chi connectivity index (χ2v) is 5.10. The first-order valence-corrected chi connectivity index (χ1v) is 6.91. The van der Waals surface area contributed by atoms with Gasteiger partial charge in [-0.1, -0.05) is 23.2 Å². The van der Waals surface area contributed by atoms with Crippen LogP contribution in [0.5, 0.6) is 5.75 Å². The molecule has 4 nitrogen and oxygen atoms in total. The van der Waals surface area contributed by atoms with Crippen molar-refractivity contribution in [2.75, 3.05) is 18.9 Å². The predicted octanol–water partition coefficient (Wildman–Crippen LogP) is 3.18. The molecule has 0 amide bonds. The molecular formula is C15H13Cl2NO3. The van der Waals surface area contributed by atoms with E-state index in [-0.39, 0.29) is 19.0 Å². The Bertz CT molecular complexity index is 674. The minimum absolute atomic E-state index is 0.108. The summed E-state index contributed by atoms with van der Waals surface area (Å²) < 4.78 is 5.24. The first-order valence-electron chi connectivity index (χ1n) is 6.16. The zero-order valence-corrected chi connectivity index (χ0v) is 12.5. The highest BCUT2D eigenvalue weighted by atomic mass is 35.5. The van der Waals surface area contributed by atoms with Crippen LogP contribution in [0.4, 0.5) is 5.69 Å². The van der Waals surface area contributed by atoms with Gasteiger partial charge in [-0.05, 0) is 36.4 Å². The van der Waals surface area contributed by atoms with Crippen LogP contribution in [0.1, 0.15) is 15.9 Å². The third kappa shape index (κ3) is 3.67. The average Bonchev–Trinajstić information content (AvgIpc) is 2.48. The number of rotatable bonds is 5. The molecule has 110 valence electrons. The highest BCUT2D eigenvalue weighted by Gasteiger charge is 2.13. The van der Waals surface area contributed by atoms with Crippen LogP contribution < -0.4 is 10.5 Å². The summed E-state index contributed by atoms with van der Waals surface area (Å²) in [6, 6.07) is 9.40. The predicted molar refractivity (Wildman–Crippen MR) is 83.3 cm³/mol. The number of carbonyl (C=O) groups is 1. The van der Waals surface area contributed by atoms with E-state index in [1.54, 1.807) is 24.3 Å². The van der Waals surface area contributed by atoms with Gasteiger partial charge in [0, 0.05) is 11.1 Å². The molecule has 6 heteroatoms. The number of aliphatic hydroxyl groups excluding tert-OH is 1. The zero-order valence-electron chi connectivity index (χ0n) is 11.0. The first-order chi connectivity index (χ1) is 10.0. The molecular weight excluding hydrogens is 313 g/mol. The Balaban J connectivity index is 2.27. The normalized spacial score (nSPS) is 10.4. The molecule has 0 aromatic heterocycles. The van der Waals surface area contributed by atoms with Crippen LogP contribution in [0.25, 0.3) is 0 Å². The van der Waals surface area contributed by atoms with Crippen LogP contribution in [0.3, 0.4) is 0 Å². The van der Waals surface area contributed by atoms with Crippen molar-refractivity contribution in [2.45, 2.75) is 0 Å². The second kappa shape index (κ2) is 6.80. The van der Waals surface area contributed by atoms with Gasteiger partial charge in [0.05, 0.1) is 22.3 Å². The van der Waals surface area contributed by atoms with Crippen molar-refractivity contribution in [3.8, 4) is 5.75 Å². The largest absolute Gasteiger partial charge is 0.489 e. The fourth-order valence-corrected chi connectivity index (χ4v) is 2.08. The molecule has 3 N–H and O–H groups in total. The van der Waals surface area contributed by atoms with Gasteiger partial charge in [-0.2, -0.15) is 0 Å². The van der Waals surface area contributed by atoms with Crippen LogP contribution in [0.15, 0.2) is 36.4 Å². The van der Waals surface area contributed by atoms with Crippen LogP contribution in [0.2, 0.25) is 10.0 Å². The Morgan fingerprint density at radius 1 is 1.10 bits per heavy atom. The molecule has 21 heavy (non-hydrogen) atoms. The SMILES string of the molecule is Nc1cc(C(=O)c2ccc(Cl)c(Cl)c2)ccc1OCCO. The number of carbonyl (C=O) groups excluding carboxylic acids is 1. The topological polar surface area (TPSA) is 72.6 Å². The van der Waals surface area contributed by atoms with Crippen LogP contribution in [-0.4, -0.2) is 24.1 Å². The zero-order chi connectivity index (χ0) is 15.4. The molecule has 0 spiro atoms. The number of hydrogen-bond acceptors (Lipinski definition) is 4. The van der Waals surface area contributed by atoms with Gasteiger partial charge in [0.2, 0.25) is 0 Å².